The Morgan fingerprint density at radius 2 is 1.95 bits per heavy atom. The van der Waals surface area contributed by atoms with Crippen molar-refractivity contribution in [3.05, 3.63) is 59.9 Å². The Kier molecular flexibility index (Phi) is 5.58. The standard InChI is InChI=1S/C16H19N3O2/c1-2-13-7-3-4-9-15(13)21-12-19-16(20)18-11-14-8-5-6-10-17-14/h3-10H,2,11-12H2,1H3,(H2,18,19,20). The number of para-hydroxylation sites is 1. The quantitative estimate of drug-likeness (QED) is 0.801. The van der Waals surface area contributed by atoms with Gasteiger partial charge in [0.1, 0.15) is 5.75 Å². The number of nitrogens with zero attached hydrogens (tertiary/aromatic N) is 1. The maximum Gasteiger partial charge on any atom is 0.317 e. The van der Waals surface area contributed by atoms with E-state index in [-0.39, 0.29) is 12.8 Å². The minimum absolute atomic E-state index is 0.130. The Hall–Kier alpha value is -2.56. The molecule has 2 aromatic rings. The predicted molar refractivity (Wildman–Crippen MR) is 80.9 cm³/mol. The summed E-state index contributed by atoms with van der Waals surface area (Å²) in [4.78, 5) is 15.8. The summed E-state index contributed by atoms with van der Waals surface area (Å²) in [6.07, 6.45) is 2.59. The monoisotopic (exact) mass is 285 g/mol. The van der Waals surface area contributed by atoms with E-state index in [1.165, 1.54) is 0 Å². The predicted octanol–water partition coefficient (Wildman–Crippen LogP) is 2.48. The molecule has 110 valence electrons. The van der Waals surface area contributed by atoms with Crippen LogP contribution in [0.5, 0.6) is 5.75 Å². The van der Waals surface area contributed by atoms with Gasteiger partial charge in [-0.05, 0) is 30.2 Å². The molecule has 0 fully saturated rings. The fourth-order valence-electron chi connectivity index (χ4n) is 1.85. The van der Waals surface area contributed by atoms with Gasteiger partial charge in [-0.3, -0.25) is 4.98 Å². The molecule has 2 amide bonds. The number of nitrogens with one attached hydrogen (secondary N) is 2. The van der Waals surface area contributed by atoms with Gasteiger partial charge in [0.2, 0.25) is 0 Å². The summed E-state index contributed by atoms with van der Waals surface area (Å²) in [5.41, 5.74) is 1.93. The van der Waals surface area contributed by atoms with Gasteiger partial charge in [-0.1, -0.05) is 31.2 Å². The molecule has 2 rings (SSSR count). The Labute approximate surface area is 124 Å². The van der Waals surface area contributed by atoms with Gasteiger partial charge >= 0.3 is 6.03 Å². The number of carbonyl (C=O) groups is 1. The Bertz CT molecular complexity index is 573. The van der Waals surface area contributed by atoms with Crippen LogP contribution in [0.4, 0.5) is 4.79 Å². The minimum Gasteiger partial charge on any atom is -0.473 e. The molecule has 0 aliphatic rings. The van der Waals surface area contributed by atoms with Gasteiger partial charge in [-0.15, -0.1) is 0 Å². The zero-order valence-corrected chi connectivity index (χ0v) is 12.0. The van der Waals surface area contributed by atoms with E-state index < -0.39 is 0 Å². The summed E-state index contributed by atoms with van der Waals surface area (Å²) in [5.74, 6) is 0.796. The van der Waals surface area contributed by atoms with Gasteiger partial charge < -0.3 is 15.4 Å². The van der Waals surface area contributed by atoms with Gasteiger partial charge in [0.05, 0.1) is 12.2 Å². The van der Waals surface area contributed by atoms with E-state index in [4.69, 9.17) is 4.74 Å². The Morgan fingerprint density at radius 3 is 2.71 bits per heavy atom. The number of amides is 2. The third kappa shape index (κ3) is 4.80. The molecule has 1 aromatic carbocycles. The van der Waals surface area contributed by atoms with Crippen molar-refractivity contribution in [1.29, 1.82) is 0 Å². The fourth-order valence-corrected chi connectivity index (χ4v) is 1.85. The number of rotatable bonds is 6. The molecule has 0 spiro atoms. The number of urea groups is 1. The van der Waals surface area contributed by atoms with Crippen molar-refractivity contribution in [1.82, 2.24) is 15.6 Å². The number of hydrogen-bond acceptors (Lipinski definition) is 3. The lowest BCUT2D eigenvalue weighted by Crippen LogP contribution is -2.37. The van der Waals surface area contributed by atoms with Gasteiger partial charge in [0.25, 0.3) is 0 Å². The van der Waals surface area contributed by atoms with Crippen LogP contribution in [0.15, 0.2) is 48.7 Å². The van der Waals surface area contributed by atoms with Crippen LogP contribution < -0.4 is 15.4 Å². The first-order valence-electron chi connectivity index (χ1n) is 6.92. The summed E-state index contributed by atoms with van der Waals surface area (Å²) in [5, 5.41) is 5.37. The molecule has 0 bridgehead atoms. The molecular formula is C16H19N3O2. The van der Waals surface area contributed by atoms with Crippen molar-refractivity contribution in [3.8, 4) is 5.75 Å². The number of aryl methyl sites for hydroxylation is 1. The second kappa shape index (κ2) is 7.89. The number of aromatic nitrogens is 1. The molecule has 2 N–H and O–H groups in total. The summed E-state index contributed by atoms with van der Waals surface area (Å²) in [6.45, 7) is 2.58. The highest BCUT2D eigenvalue weighted by Crippen LogP contribution is 2.17. The molecule has 0 saturated carbocycles. The Morgan fingerprint density at radius 1 is 1.14 bits per heavy atom. The van der Waals surface area contributed by atoms with Crippen molar-refractivity contribution in [3.63, 3.8) is 0 Å². The van der Waals surface area contributed by atoms with E-state index in [2.05, 4.69) is 22.5 Å². The lowest BCUT2D eigenvalue weighted by molar-refractivity contribution is 0.223. The topological polar surface area (TPSA) is 63.2 Å². The minimum atomic E-state index is -0.283. The van der Waals surface area contributed by atoms with Crippen LogP contribution in [0.25, 0.3) is 0 Å². The maximum atomic E-state index is 11.6. The van der Waals surface area contributed by atoms with Crippen LogP contribution in [0.2, 0.25) is 0 Å². The van der Waals surface area contributed by atoms with Crippen LogP contribution in [0, 0.1) is 0 Å². The molecule has 0 aliphatic carbocycles. The first-order chi connectivity index (χ1) is 10.3. The largest absolute Gasteiger partial charge is 0.473 e. The van der Waals surface area contributed by atoms with Gasteiger partial charge in [0.15, 0.2) is 6.73 Å². The van der Waals surface area contributed by atoms with Crippen LogP contribution >= 0.6 is 0 Å². The first-order valence-corrected chi connectivity index (χ1v) is 6.92. The summed E-state index contributed by atoms with van der Waals surface area (Å²) in [6, 6.07) is 13.1. The van der Waals surface area contributed by atoms with Crippen molar-refractivity contribution in [2.75, 3.05) is 6.73 Å². The third-order valence-corrected chi connectivity index (χ3v) is 2.97. The average molecular weight is 285 g/mol. The highest BCUT2D eigenvalue weighted by molar-refractivity contribution is 5.73. The molecule has 1 aromatic heterocycles. The molecular weight excluding hydrogens is 266 g/mol. The highest BCUT2D eigenvalue weighted by atomic mass is 16.5. The van der Waals surface area contributed by atoms with Gasteiger partial charge in [-0.2, -0.15) is 0 Å². The molecule has 0 radical (unpaired) electrons. The van der Waals surface area contributed by atoms with Crippen LogP contribution in [0.3, 0.4) is 0 Å². The summed E-state index contributed by atoms with van der Waals surface area (Å²) >= 11 is 0. The van der Waals surface area contributed by atoms with E-state index >= 15 is 0 Å². The van der Waals surface area contributed by atoms with Crippen LogP contribution in [0.1, 0.15) is 18.2 Å². The molecule has 0 atom stereocenters. The smallest absolute Gasteiger partial charge is 0.317 e. The van der Waals surface area contributed by atoms with Crippen LogP contribution in [-0.4, -0.2) is 17.7 Å². The molecule has 5 nitrogen and oxygen atoms in total. The number of hydrogen-bond donors (Lipinski definition) is 2. The lowest BCUT2D eigenvalue weighted by Gasteiger charge is -2.11. The molecule has 0 aliphatic heterocycles. The number of ether oxygens (including phenoxy) is 1. The van der Waals surface area contributed by atoms with Crippen molar-refractivity contribution < 1.29 is 9.53 Å². The van der Waals surface area contributed by atoms with Gasteiger partial charge in [0, 0.05) is 6.20 Å². The fraction of sp³-hybridized carbons (Fsp3) is 0.250. The van der Waals surface area contributed by atoms with E-state index in [9.17, 15) is 4.79 Å². The summed E-state index contributed by atoms with van der Waals surface area (Å²) < 4.78 is 5.56. The second-order valence-corrected chi connectivity index (χ2v) is 4.43. The zero-order chi connectivity index (χ0) is 14.9. The maximum absolute atomic E-state index is 11.6. The highest BCUT2D eigenvalue weighted by Gasteiger charge is 2.03. The van der Waals surface area contributed by atoms with E-state index in [0.29, 0.717) is 6.54 Å². The van der Waals surface area contributed by atoms with Crippen molar-refractivity contribution >= 4 is 6.03 Å². The normalized spacial score (nSPS) is 9.95. The lowest BCUT2D eigenvalue weighted by atomic mass is 10.1. The van der Waals surface area contributed by atoms with Gasteiger partial charge in [-0.25, -0.2) is 4.79 Å². The van der Waals surface area contributed by atoms with Crippen LogP contribution in [-0.2, 0) is 13.0 Å². The number of carbonyl (C=O) groups excluding carboxylic acids is 1. The SMILES string of the molecule is CCc1ccccc1OCNC(=O)NCc1ccccn1. The molecule has 1 heterocycles. The number of benzene rings is 1. The van der Waals surface area contributed by atoms with E-state index in [1.807, 2.05) is 42.5 Å². The van der Waals surface area contributed by atoms with Crippen molar-refractivity contribution in [2.24, 2.45) is 0 Å². The third-order valence-electron chi connectivity index (χ3n) is 2.97. The van der Waals surface area contributed by atoms with Crippen molar-refractivity contribution in [2.45, 2.75) is 19.9 Å². The molecule has 0 unspecified atom stereocenters. The zero-order valence-electron chi connectivity index (χ0n) is 12.0. The molecule has 5 heteroatoms. The first kappa shape index (κ1) is 14.8. The average Bonchev–Trinajstić information content (AvgIpc) is 2.54. The molecule has 21 heavy (non-hydrogen) atoms. The molecule has 0 saturated heterocycles. The summed E-state index contributed by atoms with van der Waals surface area (Å²) in [7, 11) is 0. The van der Waals surface area contributed by atoms with E-state index in [1.54, 1.807) is 6.20 Å². The second-order valence-electron chi connectivity index (χ2n) is 4.43. The van der Waals surface area contributed by atoms with E-state index in [0.717, 1.165) is 23.4 Å². The number of pyridine rings is 1. The Balaban J connectivity index is 1.72.